The van der Waals surface area contributed by atoms with E-state index in [4.69, 9.17) is 9.47 Å². The van der Waals surface area contributed by atoms with Crippen molar-refractivity contribution in [1.82, 2.24) is 0 Å². The molecular formula is C16H28O4. The summed E-state index contributed by atoms with van der Waals surface area (Å²) in [7, 11) is 0. The summed E-state index contributed by atoms with van der Waals surface area (Å²) in [5, 5.41) is 0. The second-order valence-electron chi connectivity index (χ2n) is 5.06. The number of hydrogen-bond donors (Lipinski definition) is 0. The van der Waals surface area contributed by atoms with Crippen molar-refractivity contribution >= 4 is 11.9 Å². The maximum Gasteiger partial charge on any atom is 0.305 e. The van der Waals surface area contributed by atoms with E-state index in [-0.39, 0.29) is 24.8 Å². The van der Waals surface area contributed by atoms with Crippen LogP contribution in [0.2, 0.25) is 0 Å². The smallest absolute Gasteiger partial charge is 0.305 e. The van der Waals surface area contributed by atoms with E-state index in [1.54, 1.807) is 0 Å². The Bertz CT molecular complexity index is 297. The molecule has 0 amide bonds. The van der Waals surface area contributed by atoms with E-state index >= 15 is 0 Å². The van der Waals surface area contributed by atoms with Crippen LogP contribution in [0.4, 0.5) is 0 Å². The van der Waals surface area contributed by atoms with Crippen molar-refractivity contribution in [3.05, 3.63) is 12.2 Å². The molecule has 0 saturated carbocycles. The average molecular weight is 284 g/mol. The molecule has 0 aromatic heterocycles. The third-order valence-electron chi connectivity index (χ3n) is 2.81. The molecule has 4 nitrogen and oxygen atoms in total. The molecule has 0 aliphatic heterocycles. The van der Waals surface area contributed by atoms with Gasteiger partial charge in [0.05, 0.1) is 13.2 Å². The zero-order chi connectivity index (χ0) is 15.2. The molecule has 0 bridgehead atoms. The molecule has 116 valence electrons. The van der Waals surface area contributed by atoms with Gasteiger partial charge in [0.25, 0.3) is 0 Å². The minimum absolute atomic E-state index is 0.226. The summed E-state index contributed by atoms with van der Waals surface area (Å²) < 4.78 is 10.1. The van der Waals surface area contributed by atoms with E-state index in [9.17, 15) is 9.59 Å². The van der Waals surface area contributed by atoms with Crippen LogP contribution in [0.25, 0.3) is 0 Å². The summed E-state index contributed by atoms with van der Waals surface area (Å²) in [6, 6.07) is 0. The highest BCUT2D eigenvalue weighted by atomic mass is 16.5. The number of carbonyl (C=O) groups is 2. The minimum Gasteiger partial charge on any atom is -0.466 e. The van der Waals surface area contributed by atoms with Gasteiger partial charge in [-0.25, -0.2) is 0 Å². The number of ether oxygens (including phenoxy) is 2. The first-order valence-electron chi connectivity index (χ1n) is 7.52. The molecule has 4 heteroatoms. The second kappa shape index (κ2) is 12.7. The fourth-order valence-corrected chi connectivity index (χ4v) is 1.58. The fourth-order valence-electron chi connectivity index (χ4n) is 1.58. The zero-order valence-corrected chi connectivity index (χ0v) is 12.9. The summed E-state index contributed by atoms with van der Waals surface area (Å²) in [4.78, 5) is 22.7. The zero-order valence-electron chi connectivity index (χ0n) is 12.9. The summed E-state index contributed by atoms with van der Waals surface area (Å²) in [6.45, 7) is 8.62. The first kappa shape index (κ1) is 18.7. The molecule has 0 aliphatic rings. The third kappa shape index (κ3) is 13.1. The Morgan fingerprint density at radius 2 is 1.45 bits per heavy atom. The molecule has 0 atom stereocenters. The number of esters is 2. The van der Waals surface area contributed by atoms with E-state index < -0.39 is 0 Å². The monoisotopic (exact) mass is 284 g/mol. The molecular weight excluding hydrogens is 256 g/mol. The predicted molar refractivity (Wildman–Crippen MR) is 79.3 cm³/mol. The molecule has 0 radical (unpaired) electrons. The van der Waals surface area contributed by atoms with Crippen molar-refractivity contribution in [2.24, 2.45) is 0 Å². The maximum absolute atomic E-state index is 11.4. The topological polar surface area (TPSA) is 52.6 Å². The molecule has 0 saturated heterocycles. The van der Waals surface area contributed by atoms with Gasteiger partial charge in [0.1, 0.15) is 0 Å². The van der Waals surface area contributed by atoms with Crippen LogP contribution in [0.3, 0.4) is 0 Å². The highest BCUT2D eigenvalue weighted by molar-refractivity contribution is 5.72. The van der Waals surface area contributed by atoms with Crippen LogP contribution in [0, 0.1) is 0 Å². The Morgan fingerprint density at radius 3 is 2.00 bits per heavy atom. The van der Waals surface area contributed by atoms with Gasteiger partial charge >= 0.3 is 11.9 Å². The SMILES string of the molecule is C=C(C)CCOC(=O)CCCC(=O)OCCCCCC. The minimum atomic E-state index is -0.262. The standard InChI is InChI=1S/C16H28O4/c1-4-5-6-7-12-19-15(17)9-8-10-16(18)20-13-11-14(2)3/h2,4-13H2,1,3H3. The molecule has 0 fully saturated rings. The maximum atomic E-state index is 11.4. The summed E-state index contributed by atoms with van der Waals surface area (Å²) in [6.07, 6.45) is 6.08. The molecule has 0 aromatic rings. The molecule has 0 N–H and O–H groups in total. The molecule has 0 rings (SSSR count). The Balaban J connectivity index is 3.41. The van der Waals surface area contributed by atoms with Gasteiger partial charge in [0.15, 0.2) is 0 Å². The van der Waals surface area contributed by atoms with Crippen LogP contribution in [0.1, 0.15) is 65.2 Å². The lowest BCUT2D eigenvalue weighted by Crippen LogP contribution is -2.09. The van der Waals surface area contributed by atoms with Gasteiger partial charge in [-0.2, -0.15) is 0 Å². The highest BCUT2D eigenvalue weighted by Gasteiger charge is 2.07. The van der Waals surface area contributed by atoms with E-state index in [2.05, 4.69) is 13.5 Å². The van der Waals surface area contributed by atoms with Gasteiger partial charge < -0.3 is 9.47 Å². The van der Waals surface area contributed by atoms with Gasteiger partial charge in [-0.15, -0.1) is 6.58 Å². The normalized spacial score (nSPS) is 10.1. The summed E-state index contributed by atoms with van der Waals surface area (Å²) >= 11 is 0. The number of rotatable bonds is 12. The molecule has 0 spiro atoms. The van der Waals surface area contributed by atoms with Crippen molar-refractivity contribution in [3.8, 4) is 0 Å². The lowest BCUT2D eigenvalue weighted by Gasteiger charge is -2.05. The summed E-state index contributed by atoms with van der Waals surface area (Å²) in [5.41, 5.74) is 0.990. The number of hydrogen-bond acceptors (Lipinski definition) is 4. The van der Waals surface area contributed by atoms with Gasteiger partial charge in [0.2, 0.25) is 0 Å². The average Bonchev–Trinajstić information content (AvgIpc) is 2.38. The molecule has 0 aliphatic carbocycles. The number of unbranched alkanes of at least 4 members (excludes halogenated alkanes) is 3. The van der Waals surface area contributed by atoms with Gasteiger partial charge in [0, 0.05) is 19.3 Å². The van der Waals surface area contributed by atoms with Crippen molar-refractivity contribution in [1.29, 1.82) is 0 Å². The van der Waals surface area contributed by atoms with Crippen LogP contribution in [0.15, 0.2) is 12.2 Å². The second-order valence-corrected chi connectivity index (χ2v) is 5.06. The van der Waals surface area contributed by atoms with Gasteiger partial charge in [-0.05, 0) is 19.8 Å². The quantitative estimate of drug-likeness (QED) is 0.311. The molecule has 0 aromatic carbocycles. The Labute approximate surface area is 122 Å². The van der Waals surface area contributed by atoms with Crippen LogP contribution < -0.4 is 0 Å². The summed E-state index contributed by atoms with van der Waals surface area (Å²) in [5.74, 6) is -0.488. The predicted octanol–water partition coefficient (Wildman–Crippen LogP) is 3.79. The van der Waals surface area contributed by atoms with Crippen LogP contribution in [-0.2, 0) is 19.1 Å². The van der Waals surface area contributed by atoms with Gasteiger partial charge in [-0.3, -0.25) is 9.59 Å². The van der Waals surface area contributed by atoms with Crippen molar-refractivity contribution < 1.29 is 19.1 Å². The van der Waals surface area contributed by atoms with E-state index in [1.165, 1.54) is 12.8 Å². The molecule has 0 heterocycles. The fraction of sp³-hybridized carbons (Fsp3) is 0.750. The number of carbonyl (C=O) groups excluding carboxylic acids is 2. The third-order valence-corrected chi connectivity index (χ3v) is 2.81. The largest absolute Gasteiger partial charge is 0.466 e. The van der Waals surface area contributed by atoms with E-state index in [1.807, 2.05) is 6.92 Å². The Morgan fingerprint density at radius 1 is 0.850 bits per heavy atom. The van der Waals surface area contributed by atoms with Crippen LogP contribution in [-0.4, -0.2) is 25.2 Å². The first-order chi connectivity index (χ1) is 9.56. The molecule has 0 unspecified atom stereocenters. The van der Waals surface area contributed by atoms with Crippen molar-refractivity contribution in [3.63, 3.8) is 0 Å². The van der Waals surface area contributed by atoms with Crippen LogP contribution in [0.5, 0.6) is 0 Å². The van der Waals surface area contributed by atoms with Crippen LogP contribution >= 0.6 is 0 Å². The van der Waals surface area contributed by atoms with Crippen molar-refractivity contribution in [2.75, 3.05) is 13.2 Å². The van der Waals surface area contributed by atoms with E-state index in [0.717, 1.165) is 18.4 Å². The van der Waals surface area contributed by atoms with E-state index in [0.29, 0.717) is 26.1 Å². The lowest BCUT2D eigenvalue weighted by molar-refractivity contribution is -0.145. The lowest BCUT2D eigenvalue weighted by atomic mass is 10.2. The van der Waals surface area contributed by atoms with Crippen molar-refractivity contribution in [2.45, 2.75) is 65.2 Å². The van der Waals surface area contributed by atoms with Gasteiger partial charge in [-0.1, -0.05) is 31.8 Å². The first-order valence-corrected chi connectivity index (χ1v) is 7.52. The molecule has 20 heavy (non-hydrogen) atoms. The Kier molecular flexibility index (Phi) is 11.9. The highest BCUT2D eigenvalue weighted by Crippen LogP contribution is 2.04. The Hall–Kier alpha value is -1.32.